The van der Waals surface area contributed by atoms with Gasteiger partial charge in [-0.3, -0.25) is 4.90 Å². The summed E-state index contributed by atoms with van der Waals surface area (Å²) in [6.45, 7) is 4.84. The van der Waals surface area contributed by atoms with Crippen molar-refractivity contribution in [1.29, 1.82) is 0 Å². The zero-order valence-electron chi connectivity index (χ0n) is 10.4. The third-order valence-corrected chi connectivity index (χ3v) is 3.38. The number of hydrogen-bond donors (Lipinski definition) is 2. The predicted octanol–water partition coefficient (Wildman–Crippen LogP) is 1.39. The quantitative estimate of drug-likeness (QED) is 0.831. The molecule has 1 aromatic carbocycles. The van der Waals surface area contributed by atoms with E-state index in [9.17, 15) is 5.11 Å². The highest BCUT2D eigenvalue weighted by Crippen LogP contribution is 2.19. The number of benzene rings is 1. The number of β-amino-alcohol motifs (C(OH)–C–C–N with tert-alkyl or cyclic N) is 1. The van der Waals surface area contributed by atoms with E-state index in [4.69, 9.17) is 5.73 Å². The van der Waals surface area contributed by atoms with Crippen LogP contribution in [0.5, 0.6) is 0 Å². The summed E-state index contributed by atoms with van der Waals surface area (Å²) in [6, 6.07) is 10.1. The van der Waals surface area contributed by atoms with Crippen molar-refractivity contribution in [3.05, 3.63) is 35.9 Å². The zero-order valence-corrected chi connectivity index (χ0v) is 10.4. The molecular formula is C14H22N2O. The Morgan fingerprint density at radius 1 is 1.35 bits per heavy atom. The van der Waals surface area contributed by atoms with Gasteiger partial charge in [-0.25, -0.2) is 0 Å². The monoisotopic (exact) mass is 234 g/mol. The first kappa shape index (κ1) is 12.6. The second kappa shape index (κ2) is 5.63. The lowest BCUT2D eigenvalue weighted by Crippen LogP contribution is -2.47. The number of piperidine rings is 1. The van der Waals surface area contributed by atoms with Crippen LogP contribution in [0.2, 0.25) is 0 Å². The maximum atomic E-state index is 10.2. The SMILES string of the molecule is CC1CC(N)CN(CC(O)c2ccccc2)C1. The molecule has 3 atom stereocenters. The number of likely N-dealkylation sites (tertiary alicyclic amines) is 1. The van der Waals surface area contributed by atoms with Crippen molar-refractivity contribution < 1.29 is 5.11 Å². The van der Waals surface area contributed by atoms with Gasteiger partial charge in [0, 0.05) is 25.7 Å². The largest absolute Gasteiger partial charge is 0.387 e. The summed E-state index contributed by atoms with van der Waals surface area (Å²) in [6.07, 6.45) is 0.687. The van der Waals surface area contributed by atoms with Crippen molar-refractivity contribution in [2.75, 3.05) is 19.6 Å². The molecule has 3 nitrogen and oxygen atoms in total. The van der Waals surface area contributed by atoms with Gasteiger partial charge in [0.2, 0.25) is 0 Å². The van der Waals surface area contributed by atoms with Gasteiger partial charge in [-0.1, -0.05) is 37.3 Å². The molecule has 0 aromatic heterocycles. The van der Waals surface area contributed by atoms with Gasteiger partial charge >= 0.3 is 0 Å². The minimum atomic E-state index is -0.409. The predicted molar refractivity (Wildman–Crippen MR) is 69.6 cm³/mol. The maximum Gasteiger partial charge on any atom is 0.0916 e. The summed E-state index contributed by atoms with van der Waals surface area (Å²) >= 11 is 0. The molecule has 1 aliphatic heterocycles. The molecule has 0 amide bonds. The molecule has 1 heterocycles. The molecule has 3 unspecified atom stereocenters. The summed E-state index contributed by atoms with van der Waals surface area (Å²) in [5.74, 6) is 0.627. The summed E-state index contributed by atoms with van der Waals surface area (Å²) in [4.78, 5) is 2.27. The molecule has 94 valence electrons. The van der Waals surface area contributed by atoms with Gasteiger partial charge < -0.3 is 10.8 Å². The van der Waals surface area contributed by atoms with E-state index in [0.717, 1.165) is 25.1 Å². The molecule has 0 bridgehead atoms. The van der Waals surface area contributed by atoms with Crippen LogP contribution >= 0.6 is 0 Å². The van der Waals surface area contributed by atoms with E-state index in [2.05, 4.69) is 11.8 Å². The molecule has 1 aliphatic rings. The molecule has 2 rings (SSSR count). The van der Waals surface area contributed by atoms with Crippen molar-refractivity contribution in [2.45, 2.75) is 25.5 Å². The fraction of sp³-hybridized carbons (Fsp3) is 0.571. The number of nitrogens with two attached hydrogens (primary N) is 1. The first-order valence-corrected chi connectivity index (χ1v) is 6.36. The Morgan fingerprint density at radius 2 is 2.06 bits per heavy atom. The van der Waals surface area contributed by atoms with Gasteiger partial charge in [-0.2, -0.15) is 0 Å². The topological polar surface area (TPSA) is 49.5 Å². The van der Waals surface area contributed by atoms with E-state index in [1.807, 2.05) is 30.3 Å². The van der Waals surface area contributed by atoms with Crippen LogP contribution in [0.4, 0.5) is 0 Å². The van der Waals surface area contributed by atoms with Crippen molar-refractivity contribution in [2.24, 2.45) is 11.7 Å². The number of rotatable bonds is 3. The standard InChI is InChI=1S/C14H22N2O/c1-11-7-13(15)9-16(8-11)10-14(17)12-5-3-2-4-6-12/h2-6,11,13-14,17H,7-10,15H2,1H3. The van der Waals surface area contributed by atoms with Crippen molar-refractivity contribution in [3.8, 4) is 0 Å². The van der Waals surface area contributed by atoms with E-state index >= 15 is 0 Å². The Kier molecular flexibility index (Phi) is 4.15. The Bertz CT molecular complexity index is 331. The Hall–Kier alpha value is -0.900. The van der Waals surface area contributed by atoms with Gasteiger partial charge in [0.25, 0.3) is 0 Å². The van der Waals surface area contributed by atoms with Crippen LogP contribution in [0.25, 0.3) is 0 Å². The highest BCUT2D eigenvalue weighted by molar-refractivity contribution is 5.17. The summed E-state index contributed by atoms with van der Waals surface area (Å²) < 4.78 is 0. The minimum Gasteiger partial charge on any atom is -0.387 e. The average molecular weight is 234 g/mol. The van der Waals surface area contributed by atoms with Gasteiger partial charge in [0.15, 0.2) is 0 Å². The Balaban J connectivity index is 1.92. The van der Waals surface area contributed by atoms with E-state index in [0.29, 0.717) is 12.5 Å². The molecule has 1 fully saturated rings. The van der Waals surface area contributed by atoms with Crippen molar-refractivity contribution >= 4 is 0 Å². The fourth-order valence-corrected chi connectivity index (χ4v) is 2.69. The van der Waals surface area contributed by atoms with Gasteiger partial charge in [0.1, 0.15) is 0 Å². The highest BCUT2D eigenvalue weighted by Gasteiger charge is 2.23. The minimum absolute atomic E-state index is 0.252. The molecular weight excluding hydrogens is 212 g/mol. The molecule has 1 aromatic rings. The molecule has 3 N–H and O–H groups in total. The normalized spacial score (nSPS) is 27.9. The Labute approximate surface area is 103 Å². The van der Waals surface area contributed by atoms with Gasteiger partial charge in [0.05, 0.1) is 6.10 Å². The first-order chi connectivity index (χ1) is 8.15. The van der Waals surface area contributed by atoms with Gasteiger partial charge in [-0.05, 0) is 17.9 Å². The third kappa shape index (κ3) is 3.53. The highest BCUT2D eigenvalue weighted by atomic mass is 16.3. The van der Waals surface area contributed by atoms with Gasteiger partial charge in [-0.15, -0.1) is 0 Å². The van der Waals surface area contributed by atoms with Crippen LogP contribution < -0.4 is 5.73 Å². The van der Waals surface area contributed by atoms with E-state index in [-0.39, 0.29) is 6.04 Å². The lowest BCUT2D eigenvalue weighted by atomic mass is 9.96. The fourth-order valence-electron chi connectivity index (χ4n) is 2.69. The summed E-state index contributed by atoms with van der Waals surface area (Å²) in [7, 11) is 0. The third-order valence-electron chi connectivity index (χ3n) is 3.38. The van der Waals surface area contributed by atoms with Crippen LogP contribution in [-0.2, 0) is 0 Å². The molecule has 1 saturated heterocycles. The maximum absolute atomic E-state index is 10.2. The number of nitrogens with zero attached hydrogens (tertiary/aromatic N) is 1. The molecule has 0 saturated carbocycles. The molecule has 0 radical (unpaired) electrons. The lowest BCUT2D eigenvalue weighted by molar-refractivity contribution is 0.0809. The lowest BCUT2D eigenvalue weighted by Gasteiger charge is -2.35. The van der Waals surface area contributed by atoms with Crippen LogP contribution in [0.3, 0.4) is 0 Å². The second-order valence-corrected chi connectivity index (χ2v) is 5.25. The first-order valence-electron chi connectivity index (χ1n) is 6.36. The Morgan fingerprint density at radius 3 is 2.71 bits per heavy atom. The molecule has 0 aliphatic carbocycles. The van der Waals surface area contributed by atoms with Crippen molar-refractivity contribution in [1.82, 2.24) is 4.90 Å². The van der Waals surface area contributed by atoms with E-state index < -0.39 is 6.10 Å². The number of aliphatic hydroxyl groups is 1. The summed E-state index contributed by atoms with van der Waals surface area (Å²) in [5, 5.41) is 10.2. The molecule has 3 heteroatoms. The average Bonchev–Trinajstić information content (AvgIpc) is 2.28. The number of hydrogen-bond acceptors (Lipinski definition) is 3. The van der Waals surface area contributed by atoms with Crippen LogP contribution in [0.15, 0.2) is 30.3 Å². The van der Waals surface area contributed by atoms with E-state index in [1.54, 1.807) is 0 Å². The van der Waals surface area contributed by atoms with Crippen molar-refractivity contribution in [3.63, 3.8) is 0 Å². The number of aliphatic hydroxyl groups excluding tert-OH is 1. The molecule has 17 heavy (non-hydrogen) atoms. The smallest absolute Gasteiger partial charge is 0.0916 e. The van der Waals surface area contributed by atoms with Crippen LogP contribution in [-0.4, -0.2) is 35.7 Å². The second-order valence-electron chi connectivity index (χ2n) is 5.25. The van der Waals surface area contributed by atoms with Crippen LogP contribution in [0.1, 0.15) is 25.0 Å². The summed E-state index contributed by atoms with van der Waals surface area (Å²) in [5.41, 5.74) is 6.99. The van der Waals surface area contributed by atoms with E-state index in [1.165, 1.54) is 0 Å². The molecule has 0 spiro atoms. The van der Waals surface area contributed by atoms with Crippen LogP contribution in [0, 0.1) is 5.92 Å². The zero-order chi connectivity index (χ0) is 12.3.